The van der Waals surface area contributed by atoms with Crippen LogP contribution in [0.3, 0.4) is 0 Å². The van der Waals surface area contributed by atoms with Crippen molar-refractivity contribution in [2.75, 3.05) is 0 Å². The number of nitrogens with zero attached hydrogens (tertiary/aromatic N) is 1. The van der Waals surface area contributed by atoms with Gasteiger partial charge in [0.1, 0.15) is 5.65 Å². The second-order valence-electron chi connectivity index (χ2n) is 12.6. The number of hydrogen-bond acceptors (Lipinski definition) is 2. The number of aromatic amines is 1. The van der Waals surface area contributed by atoms with Crippen molar-refractivity contribution in [2.24, 2.45) is 34.5 Å². The number of nitrogens with one attached hydrogen (secondary N) is 1. The van der Waals surface area contributed by atoms with Gasteiger partial charge in [-0.15, -0.1) is 0 Å². The van der Waals surface area contributed by atoms with Crippen LogP contribution < -0.4 is 5.56 Å². The summed E-state index contributed by atoms with van der Waals surface area (Å²) < 4.78 is 1.71. The molecule has 1 saturated carbocycles. The molecule has 2 atom stereocenters. The molecule has 0 amide bonds. The van der Waals surface area contributed by atoms with Crippen molar-refractivity contribution >= 4 is 17.2 Å². The Kier molecular flexibility index (Phi) is 6.44. The summed E-state index contributed by atoms with van der Waals surface area (Å²) in [4.78, 5) is 15.4. The second kappa shape index (κ2) is 8.78. The van der Waals surface area contributed by atoms with E-state index in [9.17, 15) is 9.90 Å². The van der Waals surface area contributed by atoms with E-state index in [1.54, 1.807) is 4.40 Å². The van der Waals surface area contributed by atoms with Crippen molar-refractivity contribution in [1.29, 1.82) is 0 Å². The van der Waals surface area contributed by atoms with E-state index in [0.29, 0.717) is 34.3 Å². The molecule has 4 nitrogen and oxygen atoms in total. The zero-order valence-electron chi connectivity index (χ0n) is 21.6. The Morgan fingerprint density at radius 1 is 1.03 bits per heavy atom. The van der Waals surface area contributed by atoms with E-state index in [1.165, 1.54) is 18.9 Å². The van der Waals surface area contributed by atoms with Gasteiger partial charge in [-0.2, -0.15) is 0 Å². The molecule has 0 aliphatic heterocycles. The number of hydrogen-bond donors (Lipinski definition) is 2. The molecule has 5 heteroatoms. The number of aromatic hydroxyl groups is 1. The standard InChI is InChI=1S/C29H39ClN2O2/c1-17-12-23(28(2,3)4)21(24(13-17)29(5,6)7)14-20-22(18-8-10-19(30)11-9-18)16-32-26(34)15-25(33)31-27(20)32/h8-11,15-17,21,23-24,34H,12-14H2,1-7H3,(H,31,33). The third-order valence-electron chi connectivity index (χ3n) is 8.02. The number of benzene rings is 1. The summed E-state index contributed by atoms with van der Waals surface area (Å²) in [6.45, 7) is 16.6. The number of aromatic nitrogens is 2. The Morgan fingerprint density at radius 2 is 1.59 bits per heavy atom. The first-order valence-electron chi connectivity index (χ1n) is 12.5. The summed E-state index contributed by atoms with van der Waals surface area (Å²) in [5.41, 5.74) is 3.92. The number of rotatable bonds is 3. The molecule has 0 radical (unpaired) electrons. The lowest BCUT2D eigenvalue weighted by Crippen LogP contribution is -2.44. The van der Waals surface area contributed by atoms with Gasteiger partial charge in [0.25, 0.3) is 5.56 Å². The van der Waals surface area contributed by atoms with E-state index in [4.69, 9.17) is 11.6 Å². The highest BCUT2D eigenvalue weighted by Gasteiger charge is 2.46. The maximum atomic E-state index is 12.4. The van der Waals surface area contributed by atoms with Gasteiger partial charge in [-0.3, -0.25) is 9.20 Å². The highest BCUT2D eigenvalue weighted by Crippen LogP contribution is 2.53. The molecular weight excluding hydrogens is 444 g/mol. The van der Waals surface area contributed by atoms with E-state index in [0.717, 1.165) is 23.1 Å². The first-order valence-corrected chi connectivity index (χ1v) is 12.9. The van der Waals surface area contributed by atoms with Crippen molar-refractivity contribution in [2.45, 2.75) is 67.7 Å². The Balaban J connectivity index is 1.93. The Bertz CT molecular complexity index is 1200. The summed E-state index contributed by atoms with van der Waals surface area (Å²) in [5, 5.41) is 11.3. The number of fused-ring (bicyclic) bond motifs is 1. The second-order valence-corrected chi connectivity index (χ2v) is 13.1. The maximum absolute atomic E-state index is 12.4. The van der Waals surface area contributed by atoms with Crippen molar-refractivity contribution in [3.63, 3.8) is 0 Å². The molecule has 2 unspecified atom stereocenters. The predicted octanol–water partition coefficient (Wildman–Crippen LogP) is 7.57. The summed E-state index contributed by atoms with van der Waals surface area (Å²) in [6.07, 6.45) is 5.22. The van der Waals surface area contributed by atoms with Crippen LogP contribution in [0.15, 0.2) is 41.3 Å². The molecule has 184 valence electrons. The molecule has 2 N–H and O–H groups in total. The van der Waals surface area contributed by atoms with E-state index in [-0.39, 0.29) is 22.3 Å². The fourth-order valence-electron chi connectivity index (χ4n) is 6.39. The van der Waals surface area contributed by atoms with Gasteiger partial charge < -0.3 is 10.1 Å². The fourth-order valence-corrected chi connectivity index (χ4v) is 6.52. The minimum Gasteiger partial charge on any atom is -0.494 e. The molecule has 1 aromatic carbocycles. The average molecular weight is 483 g/mol. The molecule has 0 spiro atoms. The summed E-state index contributed by atoms with van der Waals surface area (Å²) in [7, 11) is 0. The third-order valence-corrected chi connectivity index (χ3v) is 8.28. The highest BCUT2D eigenvalue weighted by molar-refractivity contribution is 6.30. The van der Waals surface area contributed by atoms with Gasteiger partial charge >= 0.3 is 0 Å². The monoisotopic (exact) mass is 482 g/mol. The Morgan fingerprint density at radius 3 is 2.12 bits per heavy atom. The molecule has 1 aliphatic rings. The van der Waals surface area contributed by atoms with Crippen LogP contribution in [-0.4, -0.2) is 14.5 Å². The van der Waals surface area contributed by atoms with Gasteiger partial charge in [0, 0.05) is 22.3 Å². The van der Waals surface area contributed by atoms with E-state index in [2.05, 4.69) is 53.5 Å². The summed E-state index contributed by atoms with van der Waals surface area (Å²) >= 11 is 6.18. The summed E-state index contributed by atoms with van der Waals surface area (Å²) in [5.74, 6) is 2.21. The lowest BCUT2D eigenvalue weighted by atomic mass is 9.54. The van der Waals surface area contributed by atoms with Crippen molar-refractivity contribution in [3.05, 3.63) is 57.5 Å². The molecule has 0 bridgehead atoms. The van der Waals surface area contributed by atoms with Crippen LogP contribution >= 0.6 is 11.6 Å². The van der Waals surface area contributed by atoms with Crippen LogP contribution in [0.4, 0.5) is 0 Å². The lowest BCUT2D eigenvalue weighted by molar-refractivity contribution is -0.0137. The zero-order chi connectivity index (χ0) is 25.0. The van der Waals surface area contributed by atoms with Crippen LogP contribution in [-0.2, 0) is 6.42 Å². The van der Waals surface area contributed by atoms with Crippen molar-refractivity contribution in [3.8, 4) is 17.0 Å². The first kappa shape index (κ1) is 24.9. The van der Waals surface area contributed by atoms with Gasteiger partial charge in [0.15, 0.2) is 0 Å². The van der Waals surface area contributed by atoms with Crippen LogP contribution in [0, 0.1) is 34.5 Å². The minimum absolute atomic E-state index is 0.0442. The maximum Gasteiger partial charge on any atom is 0.254 e. The minimum atomic E-state index is -0.288. The molecule has 0 saturated heterocycles. The normalized spacial score (nSPS) is 24.0. The third kappa shape index (κ3) is 4.79. The largest absolute Gasteiger partial charge is 0.494 e. The topological polar surface area (TPSA) is 57.5 Å². The van der Waals surface area contributed by atoms with Crippen LogP contribution in [0.1, 0.15) is 66.9 Å². The van der Waals surface area contributed by atoms with Gasteiger partial charge in [-0.05, 0) is 71.5 Å². The Hall–Kier alpha value is -2.20. The molecule has 2 aromatic heterocycles. The molecule has 2 heterocycles. The number of H-pyrrole nitrogens is 1. The number of halogens is 1. The van der Waals surface area contributed by atoms with E-state index >= 15 is 0 Å². The van der Waals surface area contributed by atoms with Crippen LogP contribution in [0.25, 0.3) is 16.8 Å². The van der Waals surface area contributed by atoms with E-state index in [1.807, 2.05) is 30.5 Å². The lowest BCUT2D eigenvalue weighted by Gasteiger charge is -2.51. The molecule has 3 aromatic rings. The summed E-state index contributed by atoms with van der Waals surface area (Å²) in [6, 6.07) is 9.05. The molecule has 4 rings (SSSR count). The smallest absolute Gasteiger partial charge is 0.254 e. The van der Waals surface area contributed by atoms with Crippen LogP contribution in [0.5, 0.6) is 5.88 Å². The zero-order valence-corrected chi connectivity index (χ0v) is 22.3. The van der Waals surface area contributed by atoms with Gasteiger partial charge in [-0.1, -0.05) is 72.2 Å². The molecule has 1 fully saturated rings. The van der Waals surface area contributed by atoms with Crippen molar-refractivity contribution < 1.29 is 5.11 Å². The molecular formula is C29H39ClN2O2. The quantitative estimate of drug-likeness (QED) is 0.404. The predicted molar refractivity (Wildman–Crippen MR) is 142 cm³/mol. The first-order chi connectivity index (χ1) is 15.8. The van der Waals surface area contributed by atoms with Crippen molar-refractivity contribution in [1.82, 2.24) is 9.38 Å². The fraction of sp³-hybridized carbons (Fsp3) is 0.552. The average Bonchev–Trinajstić information content (AvgIpc) is 3.06. The highest BCUT2D eigenvalue weighted by atomic mass is 35.5. The van der Waals surface area contributed by atoms with Gasteiger partial charge in [0.05, 0.1) is 6.07 Å². The molecule has 34 heavy (non-hydrogen) atoms. The van der Waals surface area contributed by atoms with Gasteiger partial charge in [-0.25, -0.2) is 0 Å². The van der Waals surface area contributed by atoms with Gasteiger partial charge in [0.2, 0.25) is 5.88 Å². The van der Waals surface area contributed by atoms with E-state index < -0.39 is 0 Å². The SMILES string of the molecule is CC1CC(C(C)(C)C)C(Cc2c(-c3ccc(Cl)cc3)cn3c(O)cc(=O)[nH]c23)C(C(C)(C)C)C1. The Labute approximate surface area is 208 Å². The van der Waals surface area contributed by atoms with Crippen LogP contribution in [0.2, 0.25) is 5.02 Å². The molecule has 1 aliphatic carbocycles.